The molecule has 1 nitrogen and oxygen atoms in total. The van der Waals surface area contributed by atoms with Gasteiger partial charge in [0.15, 0.2) is 0 Å². The molecule has 0 saturated heterocycles. The van der Waals surface area contributed by atoms with Crippen LogP contribution in [0.2, 0.25) is 30.1 Å². The van der Waals surface area contributed by atoms with E-state index in [4.69, 9.17) is 69.6 Å². The Balaban J connectivity index is 2.13. The predicted octanol–water partition coefficient (Wildman–Crippen LogP) is 8.40. The van der Waals surface area contributed by atoms with Gasteiger partial charge in [-0.1, -0.05) is 69.6 Å². The lowest BCUT2D eigenvalue weighted by Gasteiger charge is -2.06. The summed E-state index contributed by atoms with van der Waals surface area (Å²) < 4.78 is 0. The zero-order valence-corrected chi connectivity index (χ0v) is 16.4. The molecule has 0 amide bonds. The van der Waals surface area contributed by atoms with E-state index in [1.54, 1.807) is 24.3 Å². The van der Waals surface area contributed by atoms with Gasteiger partial charge in [0.25, 0.3) is 0 Å². The molecule has 23 heavy (non-hydrogen) atoms. The lowest BCUT2D eigenvalue weighted by atomic mass is 10.1. The molecule has 0 atom stereocenters. The highest BCUT2D eigenvalue weighted by molar-refractivity contribution is 7.13. The Morgan fingerprint density at radius 2 is 1.09 bits per heavy atom. The first-order valence-electron chi connectivity index (χ1n) is 6.12. The largest absolute Gasteiger partial charge is 0.236 e. The molecule has 0 aliphatic heterocycles. The molecule has 0 N–H and O–H groups in total. The number of hydrogen-bond donors (Lipinski definition) is 0. The van der Waals surface area contributed by atoms with Crippen molar-refractivity contribution in [2.24, 2.45) is 0 Å². The molecule has 0 bridgehead atoms. The minimum Gasteiger partial charge on any atom is -0.236 e. The van der Waals surface area contributed by atoms with Crippen LogP contribution < -0.4 is 0 Å². The van der Waals surface area contributed by atoms with Crippen LogP contribution in [-0.2, 0) is 0 Å². The second-order valence-electron chi connectivity index (χ2n) is 4.53. The van der Waals surface area contributed by atoms with Crippen LogP contribution in [0.4, 0.5) is 0 Å². The summed E-state index contributed by atoms with van der Waals surface area (Å²) in [7, 11) is 0. The van der Waals surface area contributed by atoms with Crippen LogP contribution >= 0.6 is 80.9 Å². The van der Waals surface area contributed by atoms with Crippen molar-refractivity contribution in [2.45, 2.75) is 0 Å². The molecule has 0 aliphatic rings. The molecule has 3 aromatic rings. The molecular weight excluding hydrogens is 439 g/mol. The first-order valence-corrected chi connectivity index (χ1v) is 9.27. The first-order chi connectivity index (χ1) is 10.9. The van der Waals surface area contributed by atoms with Crippen LogP contribution in [0.1, 0.15) is 0 Å². The third-order valence-corrected chi connectivity index (χ3v) is 5.48. The lowest BCUT2D eigenvalue weighted by molar-refractivity contribution is 1.40. The maximum Gasteiger partial charge on any atom is 0.127 e. The van der Waals surface area contributed by atoms with Gasteiger partial charge in [-0.25, -0.2) is 4.98 Å². The van der Waals surface area contributed by atoms with Gasteiger partial charge < -0.3 is 0 Å². The average molecular weight is 444 g/mol. The third kappa shape index (κ3) is 3.59. The zero-order valence-electron chi connectivity index (χ0n) is 11.0. The lowest BCUT2D eigenvalue weighted by Crippen LogP contribution is -1.85. The Kier molecular flexibility index (Phi) is 5.34. The van der Waals surface area contributed by atoms with Crippen molar-refractivity contribution in [3.05, 3.63) is 59.8 Å². The van der Waals surface area contributed by atoms with Crippen molar-refractivity contribution in [3.8, 4) is 21.8 Å². The Morgan fingerprint density at radius 1 is 0.652 bits per heavy atom. The molecule has 2 aromatic carbocycles. The van der Waals surface area contributed by atoms with Gasteiger partial charge in [0.05, 0.1) is 25.8 Å². The molecule has 0 unspecified atom stereocenters. The normalized spacial score (nSPS) is 11.0. The molecular formula is C15H5Cl6NS. The monoisotopic (exact) mass is 441 g/mol. The summed E-state index contributed by atoms with van der Waals surface area (Å²) in [6.07, 6.45) is 0. The van der Waals surface area contributed by atoms with Gasteiger partial charge in [0, 0.05) is 26.6 Å². The summed E-state index contributed by atoms with van der Waals surface area (Å²) in [5, 5.41) is 5.10. The van der Waals surface area contributed by atoms with Gasteiger partial charge in [-0.05, 0) is 24.3 Å². The zero-order chi connectivity index (χ0) is 16.7. The molecule has 0 radical (unpaired) electrons. The van der Waals surface area contributed by atoms with Gasteiger partial charge in [-0.15, -0.1) is 11.3 Å². The van der Waals surface area contributed by atoms with Crippen LogP contribution in [0.15, 0.2) is 29.6 Å². The quantitative estimate of drug-likeness (QED) is 0.387. The second kappa shape index (κ2) is 6.97. The number of hydrogen-bond acceptors (Lipinski definition) is 2. The topological polar surface area (TPSA) is 12.9 Å². The van der Waals surface area contributed by atoms with Crippen LogP contribution in [0.3, 0.4) is 0 Å². The molecule has 3 rings (SSSR count). The Labute approximate surface area is 166 Å². The summed E-state index contributed by atoms with van der Waals surface area (Å²) in [4.78, 5) is 4.55. The molecule has 0 spiro atoms. The van der Waals surface area contributed by atoms with E-state index in [2.05, 4.69) is 4.98 Å². The summed E-state index contributed by atoms with van der Waals surface area (Å²) in [6, 6.07) is 6.47. The van der Waals surface area contributed by atoms with Crippen molar-refractivity contribution < 1.29 is 0 Å². The van der Waals surface area contributed by atoms with E-state index in [9.17, 15) is 0 Å². The van der Waals surface area contributed by atoms with Crippen molar-refractivity contribution >= 4 is 80.9 Å². The van der Waals surface area contributed by atoms with Crippen LogP contribution in [-0.4, -0.2) is 4.98 Å². The van der Waals surface area contributed by atoms with Crippen molar-refractivity contribution in [1.29, 1.82) is 0 Å². The Hall–Kier alpha value is -0.190. The molecule has 0 aliphatic carbocycles. The number of benzene rings is 2. The van der Waals surface area contributed by atoms with Gasteiger partial charge >= 0.3 is 0 Å². The third-order valence-electron chi connectivity index (χ3n) is 2.99. The van der Waals surface area contributed by atoms with Gasteiger partial charge in [0.2, 0.25) is 0 Å². The van der Waals surface area contributed by atoms with Crippen LogP contribution in [0, 0.1) is 0 Å². The first kappa shape index (κ1) is 17.6. The fraction of sp³-hybridized carbons (Fsp3) is 0. The number of halogens is 6. The predicted molar refractivity (Wildman–Crippen MR) is 103 cm³/mol. The minimum atomic E-state index is 0.424. The Morgan fingerprint density at radius 3 is 1.57 bits per heavy atom. The highest BCUT2D eigenvalue weighted by Gasteiger charge is 2.17. The van der Waals surface area contributed by atoms with Crippen LogP contribution in [0.5, 0.6) is 0 Å². The van der Waals surface area contributed by atoms with E-state index in [1.165, 1.54) is 11.3 Å². The maximum absolute atomic E-state index is 6.24. The van der Waals surface area contributed by atoms with Gasteiger partial charge in [-0.2, -0.15) is 0 Å². The number of nitrogens with zero attached hydrogens (tertiary/aromatic N) is 1. The summed E-state index contributed by atoms with van der Waals surface area (Å²) >= 11 is 38.2. The molecule has 0 fully saturated rings. The summed E-state index contributed by atoms with van der Waals surface area (Å²) in [6.45, 7) is 0. The molecule has 1 heterocycles. The van der Waals surface area contributed by atoms with Gasteiger partial charge in [-0.3, -0.25) is 0 Å². The van der Waals surface area contributed by atoms with Crippen molar-refractivity contribution in [1.82, 2.24) is 4.98 Å². The van der Waals surface area contributed by atoms with Crippen molar-refractivity contribution in [2.75, 3.05) is 0 Å². The molecule has 8 heteroatoms. The molecule has 118 valence electrons. The smallest absolute Gasteiger partial charge is 0.127 e. The van der Waals surface area contributed by atoms with Gasteiger partial charge in [0.1, 0.15) is 5.01 Å². The fourth-order valence-corrected chi connectivity index (χ4v) is 5.04. The number of thiazole rings is 1. The second-order valence-corrected chi connectivity index (χ2v) is 7.89. The highest BCUT2D eigenvalue weighted by atomic mass is 35.5. The standard InChI is InChI=1S/C15H5Cl6NS/c16-6-1-8(18)13(9(19)2-6)12-5-23-15(22-12)14-10(20)3-7(17)4-11(14)21/h1-5H. The van der Waals surface area contributed by atoms with Crippen molar-refractivity contribution in [3.63, 3.8) is 0 Å². The van der Waals surface area contributed by atoms with E-state index in [1.807, 2.05) is 5.38 Å². The maximum atomic E-state index is 6.24. The van der Waals surface area contributed by atoms with E-state index >= 15 is 0 Å². The minimum absolute atomic E-state index is 0.424. The average Bonchev–Trinajstić information content (AvgIpc) is 2.85. The molecule has 0 saturated carbocycles. The number of aromatic nitrogens is 1. The van der Waals surface area contributed by atoms with Crippen LogP contribution in [0.25, 0.3) is 21.8 Å². The fourth-order valence-electron chi connectivity index (χ4n) is 2.04. The van der Waals surface area contributed by atoms with E-state index in [-0.39, 0.29) is 0 Å². The summed E-state index contributed by atoms with van der Waals surface area (Å²) in [5.74, 6) is 0. The molecule has 1 aromatic heterocycles. The Bertz CT molecular complexity index is 787. The SMILES string of the molecule is Clc1cc(Cl)c(-c2csc(-c3c(Cl)cc(Cl)cc3Cl)n2)c(Cl)c1. The van der Waals surface area contributed by atoms with E-state index in [0.29, 0.717) is 52.0 Å². The summed E-state index contributed by atoms with van der Waals surface area (Å²) in [5.41, 5.74) is 1.86. The van der Waals surface area contributed by atoms with E-state index in [0.717, 1.165) is 0 Å². The number of rotatable bonds is 2. The highest BCUT2D eigenvalue weighted by Crippen LogP contribution is 2.42. The van der Waals surface area contributed by atoms with E-state index < -0.39 is 0 Å².